The molecule has 2 heterocycles. The van der Waals surface area contributed by atoms with Crippen LogP contribution in [0, 0.1) is 12.3 Å². The molecule has 0 atom stereocenters. The molecule has 36 heavy (non-hydrogen) atoms. The van der Waals surface area contributed by atoms with Crippen molar-refractivity contribution in [1.29, 1.82) is 0 Å². The molecule has 198 valence electrons. The lowest BCUT2D eigenvalue weighted by Crippen LogP contribution is -2.43. The fourth-order valence-corrected chi connectivity index (χ4v) is 4.62. The monoisotopic (exact) mass is 506 g/mol. The van der Waals surface area contributed by atoms with Crippen molar-refractivity contribution in [1.82, 2.24) is 9.47 Å². The highest BCUT2D eigenvalue weighted by Crippen LogP contribution is 2.38. The van der Waals surface area contributed by atoms with Gasteiger partial charge in [0.1, 0.15) is 5.69 Å². The molecule has 2 aromatic rings. The lowest BCUT2D eigenvalue weighted by molar-refractivity contribution is -0.128. The third-order valence-electron chi connectivity index (χ3n) is 6.99. The average Bonchev–Trinajstić information content (AvgIpc) is 3.08. The number of carbonyl (C=O) groups is 1. The number of carbonyl (C=O) groups excluding carboxylic acids is 1. The second-order valence-corrected chi connectivity index (χ2v) is 12.0. The van der Waals surface area contributed by atoms with E-state index < -0.39 is 30.9 Å². The molecule has 1 aromatic heterocycles. The van der Waals surface area contributed by atoms with Gasteiger partial charge in [0.25, 0.3) is 5.91 Å². The number of amides is 1. The molecule has 0 saturated carbocycles. The first-order valence-electron chi connectivity index (χ1n) is 12.3. The van der Waals surface area contributed by atoms with Gasteiger partial charge < -0.3 is 18.8 Å². The van der Waals surface area contributed by atoms with E-state index in [1.54, 1.807) is 18.9 Å². The maximum atomic E-state index is 14.0. The number of halogens is 3. The summed E-state index contributed by atoms with van der Waals surface area (Å²) in [6, 6.07) is 9.19. The number of nitrogens with zero attached hydrogens (tertiary/aromatic N) is 2. The standard InChI is InChI=1S/C27H38BF3N2O3/c1-18-20(15-27(29,30)31)33(16-19-13-11-10-12-14-19)22(23(34)32(9)17-24(2,3)4)21(18)28-35-25(5,6)26(7,8)36-28/h10-14H,15-17H2,1-9H3. The lowest BCUT2D eigenvalue weighted by Gasteiger charge is -2.32. The highest BCUT2D eigenvalue weighted by molar-refractivity contribution is 6.64. The van der Waals surface area contributed by atoms with Crippen LogP contribution in [-0.4, -0.2) is 53.5 Å². The predicted octanol–water partition coefficient (Wildman–Crippen LogP) is 5.37. The number of alkyl halides is 3. The van der Waals surface area contributed by atoms with Gasteiger partial charge in [0.2, 0.25) is 0 Å². The number of aromatic nitrogens is 1. The summed E-state index contributed by atoms with van der Waals surface area (Å²) in [5.41, 5.74) is 0.133. The minimum Gasteiger partial charge on any atom is -0.399 e. The Morgan fingerprint density at radius 1 is 1.03 bits per heavy atom. The molecule has 1 aliphatic heterocycles. The summed E-state index contributed by atoms with van der Waals surface area (Å²) in [5.74, 6) is -0.359. The first-order chi connectivity index (χ1) is 16.3. The zero-order valence-electron chi connectivity index (χ0n) is 22.8. The zero-order chi connectivity index (χ0) is 27.3. The minimum atomic E-state index is -4.46. The molecule has 0 spiro atoms. The molecule has 0 unspecified atom stereocenters. The molecule has 1 aliphatic rings. The molecule has 1 aromatic carbocycles. The van der Waals surface area contributed by atoms with Crippen molar-refractivity contribution in [2.24, 2.45) is 5.41 Å². The first-order valence-corrected chi connectivity index (χ1v) is 12.3. The SMILES string of the molecule is Cc1c(B2OC(C)(C)C(C)(C)O2)c(C(=O)N(C)CC(C)(C)C)n(Cc2ccccc2)c1CC(F)(F)F. The van der Waals surface area contributed by atoms with Gasteiger partial charge in [-0.05, 0) is 51.2 Å². The van der Waals surface area contributed by atoms with Crippen LogP contribution >= 0.6 is 0 Å². The van der Waals surface area contributed by atoms with Crippen molar-refractivity contribution in [3.8, 4) is 0 Å². The Hall–Kier alpha value is -2.26. The maximum Gasteiger partial charge on any atom is 0.497 e. The molecule has 0 N–H and O–H groups in total. The quantitative estimate of drug-likeness (QED) is 0.495. The summed E-state index contributed by atoms with van der Waals surface area (Å²) < 4.78 is 55.5. The molecular formula is C27H38BF3N2O3. The normalized spacial score (nSPS) is 17.5. The van der Waals surface area contributed by atoms with E-state index >= 15 is 0 Å². The average molecular weight is 506 g/mol. The van der Waals surface area contributed by atoms with Crippen LogP contribution in [0.25, 0.3) is 0 Å². The van der Waals surface area contributed by atoms with Gasteiger partial charge in [-0.25, -0.2) is 0 Å². The molecule has 1 fully saturated rings. The molecule has 0 bridgehead atoms. The summed E-state index contributed by atoms with van der Waals surface area (Å²) in [6.45, 7) is 15.7. The largest absolute Gasteiger partial charge is 0.497 e. The van der Waals surface area contributed by atoms with Gasteiger partial charge in [0.15, 0.2) is 0 Å². The molecule has 3 rings (SSSR count). The Bertz CT molecular complexity index is 1090. The van der Waals surface area contributed by atoms with Crippen molar-refractivity contribution in [3.05, 3.63) is 52.8 Å². The van der Waals surface area contributed by atoms with Crippen LogP contribution in [0.3, 0.4) is 0 Å². The summed E-state index contributed by atoms with van der Waals surface area (Å²) >= 11 is 0. The fraction of sp³-hybridized carbons (Fsp3) is 0.593. The van der Waals surface area contributed by atoms with E-state index in [9.17, 15) is 18.0 Å². The molecule has 5 nitrogen and oxygen atoms in total. The van der Waals surface area contributed by atoms with E-state index in [2.05, 4.69) is 0 Å². The Kier molecular flexibility index (Phi) is 7.52. The molecular weight excluding hydrogens is 468 g/mol. The van der Waals surface area contributed by atoms with Gasteiger partial charge in [-0.2, -0.15) is 13.2 Å². The number of hydrogen-bond acceptors (Lipinski definition) is 3. The molecule has 0 aliphatic carbocycles. The topological polar surface area (TPSA) is 43.7 Å². The number of rotatable bonds is 6. The Morgan fingerprint density at radius 2 is 1.56 bits per heavy atom. The van der Waals surface area contributed by atoms with Gasteiger partial charge in [0, 0.05) is 31.3 Å². The third-order valence-corrected chi connectivity index (χ3v) is 6.99. The highest BCUT2D eigenvalue weighted by Gasteiger charge is 2.54. The van der Waals surface area contributed by atoms with Crippen LogP contribution in [0.2, 0.25) is 0 Å². The molecule has 1 saturated heterocycles. The van der Waals surface area contributed by atoms with Crippen molar-refractivity contribution < 1.29 is 27.3 Å². The number of hydrogen-bond donors (Lipinski definition) is 0. The van der Waals surface area contributed by atoms with Gasteiger partial charge in [-0.1, -0.05) is 51.1 Å². The smallest absolute Gasteiger partial charge is 0.399 e. The van der Waals surface area contributed by atoms with Crippen LogP contribution < -0.4 is 5.46 Å². The lowest BCUT2D eigenvalue weighted by atomic mass is 9.75. The van der Waals surface area contributed by atoms with Crippen molar-refractivity contribution in [2.75, 3.05) is 13.6 Å². The van der Waals surface area contributed by atoms with E-state index in [1.165, 1.54) is 4.57 Å². The van der Waals surface area contributed by atoms with Crippen molar-refractivity contribution in [2.45, 2.75) is 85.7 Å². The van der Waals surface area contributed by atoms with Gasteiger partial charge in [-0.3, -0.25) is 4.79 Å². The summed E-state index contributed by atoms with van der Waals surface area (Å²) in [6.07, 6.45) is -5.61. The zero-order valence-corrected chi connectivity index (χ0v) is 22.8. The van der Waals surface area contributed by atoms with Crippen LogP contribution in [0.5, 0.6) is 0 Å². The second kappa shape index (κ2) is 9.56. The van der Waals surface area contributed by atoms with Gasteiger partial charge in [-0.15, -0.1) is 0 Å². The fourth-order valence-electron chi connectivity index (χ4n) is 4.62. The second-order valence-electron chi connectivity index (χ2n) is 12.0. The Labute approximate surface area is 213 Å². The van der Waals surface area contributed by atoms with Crippen LogP contribution in [-0.2, 0) is 22.3 Å². The van der Waals surface area contributed by atoms with Gasteiger partial charge >= 0.3 is 13.3 Å². The molecule has 1 amide bonds. The highest BCUT2D eigenvalue weighted by atomic mass is 19.4. The van der Waals surface area contributed by atoms with Crippen molar-refractivity contribution in [3.63, 3.8) is 0 Å². The number of benzene rings is 1. The summed E-state index contributed by atoms with van der Waals surface area (Å²) in [4.78, 5) is 15.5. The Morgan fingerprint density at radius 3 is 2.03 bits per heavy atom. The predicted molar refractivity (Wildman–Crippen MR) is 137 cm³/mol. The van der Waals surface area contributed by atoms with Crippen molar-refractivity contribution >= 4 is 18.5 Å². The van der Waals surface area contributed by atoms with Crippen LogP contribution in [0.4, 0.5) is 13.2 Å². The van der Waals surface area contributed by atoms with E-state index in [0.29, 0.717) is 17.6 Å². The summed E-state index contributed by atoms with van der Waals surface area (Å²) in [5, 5.41) is 0. The van der Waals surface area contributed by atoms with E-state index in [4.69, 9.17) is 9.31 Å². The molecule has 9 heteroatoms. The third kappa shape index (κ3) is 6.00. The van der Waals surface area contributed by atoms with Crippen LogP contribution in [0.15, 0.2) is 30.3 Å². The van der Waals surface area contributed by atoms with E-state index in [0.717, 1.165) is 5.56 Å². The van der Waals surface area contributed by atoms with Gasteiger partial charge in [0.05, 0.1) is 17.6 Å². The summed E-state index contributed by atoms with van der Waals surface area (Å²) in [7, 11) is 0.709. The Balaban J connectivity index is 2.27. The molecule has 0 radical (unpaired) electrons. The first kappa shape index (κ1) is 28.3. The minimum absolute atomic E-state index is 0.0450. The van der Waals surface area contributed by atoms with E-state index in [1.807, 2.05) is 78.8 Å². The van der Waals surface area contributed by atoms with E-state index in [-0.39, 0.29) is 29.3 Å². The van der Waals surface area contributed by atoms with Crippen LogP contribution in [0.1, 0.15) is 75.8 Å². The maximum absolute atomic E-state index is 14.0.